The molecule has 0 radical (unpaired) electrons. The summed E-state index contributed by atoms with van der Waals surface area (Å²) in [5.74, 6) is -1.23. The maximum Gasteiger partial charge on any atom is 0.333 e. The Bertz CT molecular complexity index is 402. The summed E-state index contributed by atoms with van der Waals surface area (Å²) < 4.78 is 30.3. The maximum absolute atomic E-state index is 11.4. The van der Waals surface area contributed by atoms with Crippen molar-refractivity contribution in [2.45, 2.75) is 44.9 Å². The van der Waals surface area contributed by atoms with E-state index in [9.17, 15) is 18.7 Å². The average molecular weight is 349 g/mol. The quantitative estimate of drug-likeness (QED) is 0.237. The van der Waals surface area contributed by atoms with Crippen LogP contribution in [0.4, 0.5) is 0 Å². The zero-order valence-corrected chi connectivity index (χ0v) is 14.4. The summed E-state index contributed by atoms with van der Waals surface area (Å²) in [5, 5.41) is 2.71. The van der Waals surface area contributed by atoms with Crippen LogP contribution in [0.5, 0.6) is 0 Å². The van der Waals surface area contributed by atoms with E-state index < -0.39 is 20.5 Å². The van der Waals surface area contributed by atoms with E-state index in [1.807, 2.05) is 0 Å². The van der Waals surface area contributed by atoms with E-state index in [4.69, 9.17) is 9.26 Å². The van der Waals surface area contributed by atoms with Gasteiger partial charge in [-0.05, 0) is 26.2 Å². The van der Waals surface area contributed by atoms with Gasteiger partial charge in [-0.25, -0.2) is 9.36 Å². The Labute approximate surface area is 133 Å². The van der Waals surface area contributed by atoms with Crippen LogP contribution in [0.15, 0.2) is 12.2 Å². The van der Waals surface area contributed by atoms with Gasteiger partial charge in [0, 0.05) is 12.1 Å². The molecule has 0 rings (SSSR count). The largest absolute Gasteiger partial charge is 0.462 e. The summed E-state index contributed by atoms with van der Waals surface area (Å²) in [7, 11) is -0.650. The van der Waals surface area contributed by atoms with Crippen molar-refractivity contribution in [3.63, 3.8) is 0 Å². The summed E-state index contributed by atoms with van der Waals surface area (Å²) in [6, 6.07) is 0. The summed E-state index contributed by atoms with van der Waals surface area (Å²) in [6.45, 7) is 5.54. The number of carbonyl (C=O) groups excluding carboxylic acids is 2. The molecule has 1 atom stereocenters. The van der Waals surface area contributed by atoms with E-state index in [0.29, 0.717) is 18.5 Å². The molecule has 0 aliphatic rings. The molecule has 7 nitrogen and oxygen atoms in total. The first kappa shape index (κ1) is 20.8. The molecular weight excluding hydrogens is 328 g/mol. The van der Waals surface area contributed by atoms with E-state index in [-0.39, 0.29) is 27.4 Å². The van der Waals surface area contributed by atoms with Crippen LogP contribution in [0.3, 0.4) is 0 Å². The second kappa shape index (κ2) is 13.5. The van der Waals surface area contributed by atoms with E-state index in [1.54, 1.807) is 6.92 Å². The van der Waals surface area contributed by atoms with Gasteiger partial charge in [0.05, 0.1) is 6.42 Å². The number of hydrogen-bond donors (Lipinski definition) is 1. The fourth-order valence-corrected chi connectivity index (χ4v) is 2.23. The lowest BCUT2D eigenvalue weighted by Gasteiger charge is -2.07. The fourth-order valence-electron chi connectivity index (χ4n) is 1.47. The number of amides is 1. The number of rotatable bonds is 13. The van der Waals surface area contributed by atoms with Crippen LogP contribution in [-0.2, 0) is 28.0 Å². The predicted molar refractivity (Wildman–Crippen MR) is 82.0 cm³/mol. The Kier molecular flexibility index (Phi) is 12.8. The first-order valence-corrected chi connectivity index (χ1v) is 8.52. The number of esters is 1. The zero-order chi connectivity index (χ0) is 16.8. The van der Waals surface area contributed by atoms with Gasteiger partial charge in [-0.2, -0.15) is 0 Å². The number of unbranched alkanes of at least 4 members (excludes halogenated alkanes) is 2. The summed E-state index contributed by atoms with van der Waals surface area (Å²) in [5.41, 5.74) is 0.302. The van der Waals surface area contributed by atoms with Crippen LogP contribution in [0.25, 0.3) is 0 Å². The van der Waals surface area contributed by atoms with Gasteiger partial charge in [0.25, 0.3) is 0 Å². The number of nitrogens with one attached hydrogen (secondary N) is 1. The van der Waals surface area contributed by atoms with Crippen molar-refractivity contribution in [1.29, 1.82) is 0 Å². The molecule has 1 amide bonds. The Balaban J connectivity index is 3.53. The van der Waals surface area contributed by atoms with Crippen LogP contribution >= 0.6 is 17.1 Å². The van der Waals surface area contributed by atoms with E-state index in [1.165, 1.54) is 0 Å². The molecule has 9 heteroatoms. The van der Waals surface area contributed by atoms with Crippen LogP contribution < -0.4 is 5.32 Å². The second-order valence-corrected chi connectivity index (χ2v) is 5.75. The zero-order valence-electron chi connectivity index (χ0n) is 12.6. The summed E-state index contributed by atoms with van der Waals surface area (Å²) in [4.78, 5) is 22.5. The molecule has 0 aliphatic heterocycles. The third-order valence-electron chi connectivity index (χ3n) is 2.64. The van der Waals surface area contributed by atoms with Gasteiger partial charge in [-0.15, -0.1) is 0 Å². The molecule has 0 saturated carbocycles. The van der Waals surface area contributed by atoms with Gasteiger partial charge < -0.3 is 10.1 Å². The summed E-state index contributed by atoms with van der Waals surface area (Å²) in [6.07, 6.45) is 3.03. The Morgan fingerprint density at radius 2 is 1.95 bits per heavy atom. The molecule has 0 aromatic carbocycles. The van der Waals surface area contributed by atoms with Crippen molar-refractivity contribution in [3.05, 3.63) is 12.2 Å². The third kappa shape index (κ3) is 11.5. The minimum atomic E-state index is -0.545. The average Bonchev–Trinajstić information content (AvgIpc) is 2.49. The Morgan fingerprint density at radius 3 is 2.55 bits per heavy atom. The van der Waals surface area contributed by atoms with Crippen LogP contribution in [0.2, 0.25) is 0 Å². The number of ether oxygens (including phenoxy) is 1. The van der Waals surface area contributed by atoms with Crippen LogP contribution in [0.1, 0.15) is 39.0 Å². The van der Waals surface area contributed by atoms with Gasteiger partial charge in [-0.1, -0.05) is 13.0 Å². The second-order valence-electron chi connectivity index (χ2n) is 4.61. The highest BCUT2D eigenvalue weighted by Gasteiger charge is 2.09. The first-order valence-electron chi connectivity index (χ1n) is 6.91. The molecule has 0 bridgehead atoms. The molecule has 0 saturated heterocycles. The fraction of sp³-hybridized carbons (Fsp3) is 0.692. The molecule has 0 fully saturated rings. The molecule has 22 heavy (non-hydrogen) atoms. The molecule has 0 heterocycles. The minimum absolute atomic E-state index is 0.0353. The van der Waals surface area contributed by atoms with Gasteiger partial charge in [0.15, 0.2) is 14.3 Å². The maximum atomic E-state index is 11.4. The van der Waals surface area contributed by atoms with Crippen molar-refractivity contribution in [2.75, 3.05) is 13.2 Å². The normalized spacial score (nSPS) is 12.0. The Morgan fingerprint density at radius 1 is 1.23 bits per heavy atom. The Hall–Kier alpha value is -1.16. The van der Waals surface area contributed by atoms with Crippen molar-refractivity contribution in [2.24, 2.45) is 0 Å². The smallest absolute Gasteiger partial charge is 0.333 e. The predicted octanol–water partition coefficient (Wildman–Crippen LogP) is 3.01. The van der Waals surface area contributed by atoms with Crippen molar-refractivity contribution in [1.82, 2.24) is 5.32 Å². The molecule has 0 aromatic rings. The first-order chi connectivity index (χ1) is 10.5. The SMILES string of the molecule is C=C(C)C(=O)OCCC(=O)NCCCCCC(OP=O)P=O. The molecule has 0 spiro atoms. The summed E-state index contributed by atoms with van der Waals surface area (Å²) >= 11 is 0. The highest BCUT2D eigenvalue weighted by molar-refractivity contribution is 7.26. The lowest BCUT2D eigenvalue weighted by Crippen LogP contribution is -2.26. The lowest BCUT2D eigenvalue weighted by molar-refractivity contribution is -0.139. The molecule has 0 aromatic heterocycles. The monoisotopic (exact) mass is 349 g/mol. The van der Waals surface area contributed by atoms with E-state index >= 15 is 0 Å². The lowest BCUT2D eigenvalue weighted by atomic mass is 10.2. The van der Waals surface area contributed by atoms with Crippen LogP contribution in [0, 0.1) is 0 Å². The van der Waals surface area contributed by atoms with E-state index in [2.05, 4.69) is 11.9 Å². The standard InChI is InChI=1S/C13H21NO6P2/c1-10(2)13(16)19-9-7-11(15)14-8-5-3-4-6-12(21-17)20-22-18/h12H,1,3-9H2,2H3,(H,14,15). The van der Waals surface area contributed by atoms with Gasteiger partial charge >= 0.3 is 14.7 Å². The molecule has 0 aliphatic carbocycles. The third-order valence-corrected chi connectivity index (χ3v) is 3.75. The number of hydrogen-bond acceptors (Lipinski definition) is 6. The highest BCUT2D eigenvalue weighted by Crippen LogP contribution is 2.20. The van der Waals surface area contributed by atoms with E-state index in [0.717, 1.165) is 19.3 Å². The highest BCUT2D eigenvalue weighted by atomic mass is 31.1. The van der Waals surface area contributed by atoms with Crippen molar-refractivity contribution >= 4 is 29.0 Å². The minimum Gasteiger partial charge on any atom is -0.462 e. The van der Waals surface area contributed by atoms with Crippen molar-refractivity contribution < 1.29 is 28.0 Å². The molecule has 1 N–H and O–H groups in total. The van der Waals surface area contributed by atoms with Crippen LogP contribution in [-0.4, -0.2) is 30.9 Å². The van der Waals surface area contributed by atoms with Crippen molar-refractivity contribution in [3.8, 4) is 0 Å². The van der Waals surface area contributed by atoms with Gasteiger partial charge in [-0.3, -0.25) is 13.9 Å². The molecule has 1 unspecified atom stereocenters. The number of carbonyl (C=O) groups is 2. The van der Waals surface area contributed by atoms with Gasteiger partial charge in [0.1, 0.15) is 6.61 Å². The topological polar surface area (TPSA) is 98.8 Å². The molecular formula is C13H21NO6P2. The van der Waals surface area contributed by atoms with Gasteiger partial charge in [0.2, 0.25) is 5.91 Å². The molecule has 124 valence electrons.